The molecule has 2 aliphatic carbocycles. The summed E-state index contributed by atoms with van der Waals surface area (Å²) in [5.74, 6) is 1.77. The van der Waals surface area contributed by atoms with Gasteiger partial charge in [-0.1, -0.05) is 24.3 Å². The van der Waals surface area contributed by atoms with Gasteiger partial charge in [0.05, 0.1) is 0 Å². The zero-order valence-electron chi connectivity index (χ0n) is 10.8. The number of rotatable bonds is 4. The first-order chi connectivity index (χ1) is 8.38. The highest BCUT2D eigenvalue weighted by molar-refractivity contribution is 5.32. The van der Waals surface area contributed by atoms with Gasteiger partial charge in [-0.2, -0.15) is 0 Å². The summed E-state index contributed by atoms with van der Waals surface area (Å²) in [6.07, 6.45) is 8.29. The quantitative estimate of drug-likeness (QED) is 0.833. The van der Waals surface area contributed by atoms with Crippen molar-refractivity contribution < 1.29 is 0 Å². The maximum Gasteiger partial charge on any atom is 0.00981 e. The predicted molar refractivity (Wildman–Crippen MR) is 72.3 cm³/mol. The molecule has 0 aromatic heterocycles. The summed E-state index contributed by atoms with van der Waals surface area (Å²) in [7, 11) is 2.14. The molecule has 0 amide bonds. The number of nitrogens with one attached hydrogen (secondary N) is 1. The molecular formula is C16H23N. The molecule has 2 aliphatic rings. The molecule has 1 fully saturated rings. The number of hydrogen-bond acceptors (Lipinski definition) is 1. The summed E-state index contributed by atoms with van der Waals surface area (Å²) in [5, 5.41) is 3.54. The number of fused-ring (bicyclic) bond motifs is 1. The Bertz CT molecular complexity index is 381. The van der Waals surface area contributed by atoms with Gasteiger partial charge in [-0.25, -0.2) is 0 Å². The van der Waals surface area contributed by atoms with Gasteiger partial charge in [0.15, 0.2) is 0 Å². The second-order valence-corrected chi connectivity index (χ2v) is 5.76. The minimum absolute atomic E-state index is 0.756. The van der Waals surface area contributed by atoms with Gasteiger partial charge in [0, 0.05) is 6.04 Å². The van der Waals surface area contributed by atoms with Gasteiger partial charge < -0.3 is 5.32 Å². The molecule has 0 bridgehead atoms. The largest absolute Gasteiger partial charge is 0.317 e. The highest BCUT2D eigenvalue weighted by Gasteiger charge is 2.33. The number of benzene rings is 1. The second kappa shape index (κ2) is 4.81. The molecule has 0 radical (unpaired) electrons. The van der Waals surface area contributed by atoms with Crippen LogP contribution in [-0.4, -0.2) is 13.1 Å². The lowest BCUT2D eigenvalue weighted by Crippen LogP contribution is -2.30. The Morgan fingerprint density at radius 3 is 2.82 bits per heavy atom. The smallest absolute Gasteiger partial charge is 0.00981 e. The van der Waals surface area contributed by atoms with E-state index in [4.69, 9.17) is 0 Å². The first kappa shape index (κ1) is 11.3. The SMILES string of the molecule is CNC(CC1CCCc2ccccc21)C1CC1. The van der Waals surface area contributed by atoms with Crippen molar-refractivity contribution >= 4 is 0 Å². The fourth-order valence-corrected chi connectivity index (χ4v) is 3.45. The summed E-state index contributed by atoms with van der Waals surface area (Å²) in [5.41, 5.74) is 3.24. The van der Waals surface area contributed by atoms with Crippen molar-refractivity contribution in [3.05, 3.63) is 35.4 Å². The van der Waals surface area contributed by atoms with Gasteiger partial charge in [-0.3, -0.25) is 0 Å². The predicted octanol–water partition coefficient (Wildman–Crippen LogP) is 3.49. The first-order valence-corrected chi connectivity index (χ1v) is 7.13. The van der Waals surface area contributed by atoms with Crippen molar-refractivity contribution in [2.75, 3.05) is 7.05 Å². The van der Waals surface area contributed by atoms with E-state index in [1.807, 2.05) is 0 Å². The zero-order chi connectivity index (χ0) is 11.7. The van der Waals surface area contributed by atoms with E-state index >= 15 is 0 Å². The van der Waals surface area contributed by atoms with Crippen molar-refractivity contribution in [2.45, 2.75) is 50.5 Å². The average Bonchev–Trinajstić information content (AvgIpc) is 3.20. The van der Waals surface area contributed by atoms with E-state index in [1.54, 1.807) is 11.1 Å². The Hall–Kier alpha value is -0.820. The minimum atomic E-state index is 0.756. The van der Waals surface area contributed by atoms with Crippen LogP contribution in [0.2, 0.25) is 0 Å². The van der Waals surface area contributed by atoms with E-state index in [2.05, 4.69) is 36.6 Å². The summed E-state index contributed by atoms with van der Waals surface area (Å²) in [6, 6.07) is 9.85. The molecule has 1 aromatic carbocycles. The van der Waals surface area contributed by atoms with E-state index in [9.17, 15) is 0 Å². The molecule has 2 unspecified atom stereocenters. The van der Waals surface area contributed by atoms with Gasteiger partial charge >= 0.3 is 0 Å². The van der Waals surface area contributed by atoms with Gasteiger partial charge in [-0.05, 0) is 68.5 Å². The first-order valence-electron chi connectivity index (χ1n) is 7.13. The van der Waals surface area contributed by atoms with Gasteiger partial charge in [-0.15, -0.1) is 0 Å². The Morgan fingerprint density at radius 1 is 1.24 bits per heavy atom. The highest BCUT2D eigenvalue weighted by atomic mass is 14.9. The molecule has 92 valence electrons. The lowest BCUT2D eigenvalue weighted by molar-refractivity contribution is 0.400. The van der Waals surface area contributed by atoms with Crippen LogP contribution in [0.1, 0.15) is 49.1 Å². The van der Waals surface area contributed by atoms with Crippen LogP contribution in [0.3, 0.4) is 0 Å². The zero-order valence-corrected chi connectivity index (χ0v) is 10.8. The minimum Gasteiger partial charge on any atom is -0.317 e. The van der Waals surface area contributed by atoms with E-state index in [0.717, 1.165) is 17.9 Å². The molecule has 1 saturated carbocycles. The summed E-state index contributed by atoms with van der Waals surface area (Å²) >= 11 is 0. The maximum atomic E-state index is 3.54. The Morgan fingerprint density at radius 2 is 2.06 bits per heavy atom. The van der Waals surface area contributed by atoms with Crippen molar-refractivity contribution in [1.29, 1.82) is 0 Å². The Balaban J connectivity index is 1.75. The molecule has 3 rings (SSSR count). The van der Waals surface area contributed by atoms with Crippen molar-refractivity contribution in [1.82, 2.24) is 5.32 Å². The molecule has 17 heavy (non-hydrogen) atoms. The number of hydrogen-bond donors (Lipinski definition) is 1. The van der Waals surface area contributed by atoms with Crippen LogP contribution < -0.4 is 5.32 Å². The third-order valence-electron chi connectivity index (χ3n) is 4.59. The molecule has 0 spiro atoms. The Labute approximate surface area is 105 Å². The third-order valence-corrected chi connectivity index (χ3v) is 4.59. The van der Waals surface area contributed by atoms with Crippen LogP contribution in [0, 0.1) is 5.92 Å². The van der Waals surface area contributed by atoms with Gasteiger partial charge in [0.2, 0.25) is 0 Å². The van der Waals surface area contributed by atoms with Crippen LogP contribution >= 0.6 is 0 Å². The molecule has 1 aromatic rings. The van der Waals surface area contributed by atoms with Crippen LogP contribution in [0.5, 0.6) is 0 Å². The van der Waals surface area contributed by atoms with Crippen molar-refractivity contribution in [3.63, 3.8) is 0 Å². The molecule has 1 heteroatoms. The molecular weight excluding hydrogens is 206 g/mol. The molecule has 0 saturated heterocycles. The average molecular weight is 229 g/mol. The Kier molecular flexibility index (Phi) is 3.19. The standard InChI is InChI=1S/C16H23N/c1-17-16(13-9-10-13)11-14-7-4-6-12-5-2-3-8-15(12)14/h2-3,5,8,13-14,16-17H,4,6-7,9-11H2,1H3. The molecule has 0 heterocycles. The van der Waals surface area contributed by atoms with E-state index in [1.165, 1.54) is 38.5 Å². The van der Waals surface area contributed by atoms with Crippen LogP contribution in [0.4, 0.5) is 0 Å². The van der Waals surface area contributed by atoms with Gasteiger partial charge in [0.1, 0.15) is 0 Å². The molecule has 2 atom stereocenters. The van der Waals surface area contributed by atoms with E-state index in [0.29, 0.717) is 0 Å². The van der Waals surface area contributed by atoms with Crippen LogP contribution in [-0.2, 0) is 6.42 Å². The van der Waals surface area contributed by atoms with Crippen molar-refractivity contribution in [2.24, 2.45) is 5.92 Å². The lowest BCUT2D eigenvalue weighted by Gasteiger charge is -2.29. The summed E-state index contributed by atoms with van der Waals surface area (Å²) < 4.78 is 0. The monoisotopic (exact) mass is 229 g/mol. The fraction of sp³-hybridized carbons (Fsp3) is 0.625. The van der Waals surface area contributed by atoms with Crippen LogP contribution in [0.15, 0.2) is 24.3 Å². The normalized spacial score (nSPS) is 25.4. The maximum absolute atomic E-state index is 3.54. The second-order valence-electron chi connectivity index (χ2n) is 5.76. The van der Waals surface area contributed by atoms with Crippen molar-refractivity contribution in [3.8, 4) is 0 Å². The number of aryl methyl sites for hydroxylation is 1. The molecule has 0 aliphatic heterocycles. The topological polar surface area (TPSA) is 12.0 Å². The fourth-order valence-electron chi connectivity index (χ4n) is 3.45. The van der Waals surface area contributed by atoms with Gasteiger partial charge in [0.25, 0.3) is 0 Å². The summed E-state index contributed by atoms with van der Waals surface area (Å²) in [4.78, 5) is 0. The highest BCUT2D eigenvalue weighted by Crippen LogP contribution is 2.40. The van der Waals surface area contributed by atoms with E-state index in [-0.39, 0.29) is 0 Å². The third kappa shape index (κ3) is 2.40. The summed E-state index contributed by atoms with van der Waals surface area (Å²) in [6.45, 7) is 0. The van der Waals surface area contributed by atoms with E-state index < -0.39 is 0 Å². The lowest BCUT2D eigenvalue weighted by atomic mass is 9.79. The molecule has 1 N–H and O–H groups in total. The van der Waals surface area contributed by atoms with Crippen LogP contribution in [0.25, 0.3) is 0 Å². The molecule has 1 nitrogen and oxygen atoms in total.